The van der Waals surface area contributed by atoms with Crippen molar-refractivity contribution in [1.29, 1.82) is 0 Å². The molecule has 1 aliphatic rings. The molecular weight excluding hydrogens is 451 g/mol. The lowest BCUT2D eigenvalue weighted by molar-refractivity contribution is 0.143. The van der Waals surface area contributed by atoms with Gasteiger partial charge < -0.3 is 20.3 Å². The number of guanidine groups is 1. The molecule has 1 heterocycles. The molecular formula is C21H37IN4O. The summed E-state index contributed by atoms with van der Waals surface area (Å²) in [5.41, 5.74) is 1.43. The molecule has 0 bridgehead atoms. The molecule has 1 fully saturated rings. The van der Waals surface area contributed by atoms with Crippen LogP contribution in [0.3, 0.4) is 0 Å². The summed E-state index contributed by atoms with van der Waals surface area (Å²) in [4.78, 5) is 6.91. The molecule has 5 nitrogen and oxygen atoms in total. The second-order valence-corrected chi connectivity index (χ2v) is 6.97. The first kappa shape index (κ1) is 24.2. The summed E-state index contributed by atoms with van der Waals surface area (Å²) in [6, 6.07) is 10.8. The standard InChI is InChI=1S/C21H36N4O.HI/c1-3-26-16-8-7-13-23-21(22-2)24-17-20-12-15-25(18-20)14-11-19-9-5-4-6-10-19;/h4-6,9-10,20H,3,7-8,11-18H2,1-2H3,(H2,22,23,24);1H. The Morgan fingerprint density at radius 1 is 1.22 bits per heavy atom. The number of likely N-dealkylation sites (tertiary alicyclic amines) is 1. The highest BCUT2D eigenvalue weighted by atomic mass is 127. The van der Waals surface area contributed by atoms with Gasteiger partial charge in [-0.2, -0.15) is 0 Å². The van der Waals surface area contributed by atoms with Crippen LogP contribution in [-0.2, 0) is 11.2 Å². The van der Waals surface area contributed by atoms with Gasteiger partial charge in [-0.05, 0) is 50.6 Å². The molecule has 1 saturated heterocycles. The molecule has 0 aliphatic carbocycles. The van der Waals surface area contributed by atoms with Gasteiger partial charge in [0.2, 0.25) is 0 Å². The first-order chi connectivity index (χ1) is 12.8. The Kier molecular flexibility index (Phi) is 13.5. The van der Waals surface area contributed by atoms with Gasteiger partial charge in [-0.25, -0.2) is 0 Å². The van der Waals surface area contributed by atoms with Crippen LogP contribution >= 0.6 is 24.0 Å². The average Bonchev–Trinajstić information content (AvgIpc) is 3.14. The molecule has 154 valence electrons. The van der Waals surface area contributed by atoms with Crippen molar-refractivity contribution < 1.29 is 4.74 Å². The van der Waals surface area contributed by atoms with Crippen LogP contribution in [-0.4, -0.2) is 63.8 Å². The number of rotatable bonds is 11. The van der Waals surface area contributed by atoms with E-state index in [9.17, 15) is 0 Å². The lowest BCUT2D eigenvalue weighted by Crippen LogP contribution is -2.40. The van der Waals surface area contributed by atoms with Crippen LogP contribution in [0.5, 0.6) is 0 Å². The minimum Gasteiger partial charge on any atom is -0.382 e. The molecule has 1 aromatic rings. The van der Waals surface area contributed by atoms with Crippen molar-refractivity contribution in [3.05, 3.63) is 35.9 Å². The zero-order valence-electron chi connectivity index (χ0n) is 17.0. The molecule has 0 radical (unpaired) electrons. The number of ether oxygens (including phenoxy) is 1. The van der Waals surface area contributed by atoms with Crippen molar-refractivity contribution in [3.8, 4) is 0 Å². The Morgan fingerprint density at radius 2 is 2.04 bits per heavy atom. The molecule has 2 N–H and O–H groups in total. The summed E-state index contributed by atoms with van der Waals surface area (Å²) >= 11 is 0. The number of benzene rings is 1. The molecule has 1 aliphatic heterocycles. The maximum Gasteiger partial charge on any atom is 0.190 e. The van der Waals surface area contributed by atoms with E-state index in [0.29, 0.717) is 5.92 Å². The Balaban J connectivity index is 0.00000364. The number of unbranched alkanes of at least 4 members (excludes halogenated alkanes) is 1. The van der Waals surface area contributed by atoms with Crippen LogP contribution < -0.4 is 10.6 Å². The maximum absolute atomic E-state index is 5.36. The Hall–Kier alpha value is -0.860. The van der Waals surface area contributed by atoms with Crippen molar-refractivity contribution in [2.24, 2.45) is 10.9 Å². The number of nitrogens with zero attached hydrogens (tertiary/aromatic N) is 2. The molecule has 0 amide bonds. The van der Waals surface area contributed by atoms with E-state index < -0.39 is 0 Å². The molecule has 27 heavy (non-hydrogen) atoms. The SMILES string of the molecule is CCOCCCCNC(=NC)NCC1CCN(CCc2ccccc2)C1.I. The lowest BCUT2D eigenvalue weighted by Gasteiger charge is -2.17. The summed E-state index contributed by atoms with van der Waals surface area (Å²) < 4.78 is 5.36. The molecule has 1 atom stereocenters. The number of hydrogen-bond donors (Lipinski definition) is 2. The molecule has 6 heteroatoms. The van der Waals surface area contributed by atoms with Gasteiger partial charge in [0, 0.05) is 46.4 Å². The van der Waals surface area contributed by atoms with Crippen LogP contribution in [0.4, 0.5) is 0 Å². The van der Waals surface area contributed by atoms with Crippen molar-refractivity contribution >= 4 is 29.9 Å². The molecule has 0 aromatic heterocycles. The van der Waals surface area contributed by atoms with E-state index in [1.807, 2.05) is 14.0 Å². The predicted molar refractivity (Wildman–Crippen MR) is 125 cm³/mol. The summed E-state index contributed by atoms with van der Waals surface area (Å²) in [6.07, 6.45) is 4.62. The van der Waals surface area contributed by atoms with Crippen molar-refractivity contribution in [2.75, 3.05) is 53.0 Å². The zero-order valence-corrected chi connectivity index (χ0v) is 19.3. The van der Waals surface area contributed by atoms with E-state index in [1.54, 1.807) is 0 Å². The van der Waals surface area contributed by atoms with E-state index in [0.717, 1.165) is 58.1 Å². The second kappa shape index (κ2) is 15.1. The highest BCUT2D eigenvalue weighted by molar-refractivity contribution is 14.0. The predicted octanol–water partition coefficient (Wildman–Crippen LogP) is 3.15. The quantitative estimate of drug-likeness (QED) is 0.218. The first-order valence-electron chi connectivity index (χ1n) is 10.1. The average molecular weight is 488 g/mol. The fourth-order valence-corrected chi connectivity index (χ4v) is 3.36. The molecule has 2 rings (SSSR count). The minimum atomic E-state index is 0. The normalized spacial score (nSPS) is 17.6. The van der Waals surface area contributed by atoms with Gasteiger partial charge in [-0.1, -0.05) is 30.3 Å². The summed E-state index contributed by atoms with van der Waals surface area (Å²) in [7, 11) is 1.84. The van der Waals surface area contributed by atoms with Gasteiger partial charge >= 0.3 is 0 Å². The summed E-state index contributed by atoms with van der Waals surface area (Å²) in [5, 5.41) is 6.89. The Morgan fingerprint density at radius 3 is 2.78 bits per heavy atom. The van der Waals surface area contributed by atoms with E-state index in [1.165, 1.54) is 25.1 Å². The van der Waals surface area contributed by atoms with Crippen molar-refractivity contribution in [2.45, 2.75) is 32.6 Å². The van der Waals surface area contributed by atoms with Crippen molar-refractivity contribution in [1.82, 2.24) is 15.5 Å². The van der Waals surface area contributed by atoms with Crippen LogP contribution in [0.1, 0.15) is 31.7 Å². The van der Waals surface area contributed by atoms with Gasteiger partial charge in [0.25, 0.3) is 0 Å². The number of hydrogen-bond acceptors (Lipinski definition) is 3. The molecule has 1 unspecified atom stereocenters. The van der Waals surface area contributed by atoms with Gasteiger partial charge in [0.15, 0.2) is 5.96 Å². The van der Waals surface area contributed by atoms with E-state index >= 15 is 0 Å². The monoisotopic (exact) mass is 488 g/mol. The van der Waals surface area contributed by atoms with Crippen LogP contribution in [0, 0.1) is 5.92 Å². The smallest absolute Gasteiger partial charge is 0.190 e. The second-order valence-electron chi connectivity index (χ2n) is 6.97. The number of halogens is 1. The third kappa shape index (κ3) is 10.3. The highest BCUT2D eigenvalue weighted by Crippen LogP contribution is 2.15. The highest BCUT2D eigenvalue weighted by Gasteiger charge is 2.22. The van der Waals surface area contributed by atoms with E-state index in [2.05, 4.69) is 50.9 Å². The Bertz CT molecular complexity index is 512. The van der Waals surface area contributed by atoms with E-state index in [-0.39, 0.29) is 24.0 Å². The minimum absolute atomic E-state index is 0. The lowest BCUT2D eigenvalue weighted by atomic mass is 10.1. The summed E-state index contributed by atoms with van der Waals surface area (Å²) in [5.74, 6) is 1.63. The molecule has 1 aromatic carbocycles. The summed E-state index contributed by atoms with van der Waals surface area (Å²) in [6.45, 7) is 9.20. The van der Waals surface area contributed by atoms with Crippen LogP contribution in [0.15, 0.2) is 35.3 Å². The molecule has 0 saturated carbocycles. The fourth-order valence-electron chi connectivity index (χ4n) is 3.36. The molecule has 0 spiro atoms. The van der Waals surface area contributed by atoms with Gasteiger partial charge in [-0.3, -0.25) is 4.99 Å². The third-order valence-corrected chi connectivity index (χ3v) is 4.92. The first-order valence-corrected chi connectivity index (χ1v) is 10.1. The fraction of sp³-hybridized carbons (Fsp3) is 0.667. The zero-order chi connectivity index (χ0) is 18.5. The number of aliphatic imine (C=N–C) groups is 1. The van der Waals surface area contributed by atoms with Crippen molar-refractivity contribution in [3.63, 3.8) is 0 Å². The van der Waals surface area contributed by atoms with Crippen LogP contribution in [0.25, 0.3) is 0 Å². The third-order valence-electron chi connectivity index (χ3n) is 4.92. The maximum atomic E-state index is 5.36. The van der Waals surface area contributed by atoms with Gasteiger partial charge in [0.1, 0.15) is 0 Å². The Labute approximate surface area is 182 Å². The number of nitrogens with one attached hydrogen (secondary N) is 2. The van der Waals surface area contributed by atoms with Crippen LogP contribution in [0.2, 0.25) is 0 Å². The largest absolute Gasteiger partial charge is 0.382 e. The van der Waals surface area contributed by atoms with Gasteiger partial charge in [-0.15, -0.1) is 24.0 Å². The van der Waals surface area contributed by atoms with Gasteiger partial charge in [0.05, 0.1) is 0 Å². The topological polar surface area (TPSA) is 48.9 Å². The van der Waals surface area contributed by atoms with E-state index in [4.69, 9.17) is 4.74 Å².